The number of carbonyl (C=O) groups excluding carboxylic acids is 1. The fourth-order valence-corrected chi connectivity index (χ4v) is 13.0. The minimum atomic E-state index is -1.21. The number of carbonyl (C=O) groups is 2. The zero-order valence-corrected chi connectivity index (χ0v) is 28.1. The number of nitrogens with zero attached hydrogens (tertiary/aromatic N) is 1. The summed E-state index contributed by atoms with van der Waals surface area (Å²) >= 11 is 0. The van der Waals surface area contributed by atoms with Gasteiger partial charge < -0.3 is 15.3 Å². The number of benzene rings is 1. The van der Waals surface area contributed by atoms with Gasteiger partial charge in [0, 0.05) is 25.0 Å². The summed E-state index contributed by atoms with van der Waals surface area (Å²) in [6.45, 7) is 12.9. The van der Waals surface area contributed by atoms with Crippen molar-refractivity contribution in [2.45, 2.75) is 117 Å². The van der Waals surface area contributed by atoms with E-state index in [1.54, 1.807) is 0 Å². The highest BCUT2D eigenvalue weighted by Gasteiger charge is 2.65. The molecule has 45 heavy (non-hydrogen) atoms. The number of hydrogen-bond acceptors (Lipinski definition) is 3. The second-order valence-electron chi connectivity index (χ2n) is 17.0. The van der Waals surface area contributed by atoms with Gasteiger partial charge in [-0.25, -0.2) is 9.18 Å². The molecule has 5 fully saturated rings. The van der Waals surface area contributed by atoms with Gasteiger partial charge in [0.1, 0.15) is 5.82 Å². The number of nitrogens with one attached hydrogen (secondary N) is 1. The highest BCUT2D eigenvalue weighted by molar-refractivity contribution is 5.88. The molecule has 0 spiro atoms. The molecule has 1 aromatic carbocycles. The predicted molar refractivity (Wildman–Crippen MR) is 176 cm³/mol. The van der Waals surface area contributed by atoms with Gasteiger partial charge in [-0.1, -0.05) is 46.3 Å². The quantitative estimate of drug-likeness (QED) is 0.302. The first-order chi connectivity index (χ1) is 21.4. The summed E-state index contributed by atoms with van der Waals surface area (Å²) in [5, 5.41) is 13.5. The zero-order valence-electron chi connectivity index (χ0n) is 28.1. The molecule has 8 unspecified atom stereocenters. The van der Waals surface area contributed by atoms with E-state index in [-0.39, 0.29) is 16.4 Å². The number of allylic oxidation sites excluding steroid dienone is 2. The van der Waals surface area contributed by atoms with Crippen LogP contribution in [-0.2, 0) is 4.79 Å². The first kappa shape index (κ1) is 31.4. The third-order valence-electron chi connectivity index (χ3n) is 14.9. The summed E-state index contributed by atoms with van der Waals surface area (Å²) in [5.41, 5.74) is 2.53. The van der Waals surface area contributed by atoms with Crippen LogP contribution >= 0.6 is 0 Å². The molecule has 1 amide bonds. The Kier molecular flexibility index (Phi) is 7.81. The molecule has 6 heteroatoms. The second-order valence-corrected chi connectivity index (χ2v) is 17.0. The van der Waals surface area contributed by atoms with Crippen LogP contribution in [0.1, 0.15) is 127 Å². The molecule has 1 aromatic rings. The van der Waals surface area contributed by atoms with Crippen molar-refractivity contribution in [3.8, 4) is 0 Å². The average Bonchev–Trinajstić information content (AvgIpc) is 3.60. The van der Waals surface area contributed by atoms with Gasteiger partial charge in [0.2, 0.25) is 5.91 Å². The monoisotopic (exact) mass is 618 g/mol. The summed E-state index contributed by atoms with van der Waals surface area (Å²) in [7, 11) is 0. The average molecular weight is 619 g/mol. The summed E-state index contributed by atoms with van der Waals surface area (Å²) in [6.07, 6.45) is 18.1. The normalized spacial score (nSPS) is 40.3. The van der Waals surface area contributed by atoms with E-state index >= 15 is 0 Å². The van der Waals surface area contributed by atoms with E-state index in [1.807, 2.05) is 6.07 Å². The molecule has 5 aliphatic carbocycles. The summed E-state index contributed by atoms with van der Waals surface area (Å²) in [5.74, 6) is 2.08. The molecular weight excluding hydrogens is 563 g/mol. The number of hydrogen-bond donors (Lipinski definition) is 2. The molecule has 7 rings (SSSR count). The second kappa shape index (κ2) is 11.2. The van der Waals surface area contributed by atoms with E-state index in [9.17, 15) is 19.1 Å². The number of halogens is 1. The lowest BCUT2D eigenvalue weighted by Gasteiger charge is -2.68. The Labute approximate surface area is 269 Å². The van der Waals surface area contributed by atoms with Gasteiger partial charge >= 0.3 is 5.97 Å². The van der Waals surface area contributed by atoms with Crippen molar-refractivity contribution < 1.29 is 19.1 Å². The Morgan fingerprint density at radius 1 is 0.978 bits per heavy atom. The Hall–Kier alpha value is -2.21. The van der Waals surface area contributed by atoms with Gasteiger partial charge in [0.15, 0.2) is 0 Å². The van der Waals surface area contributed by atoms with Crippen molar-refractivity contribution >= 4 is 17.4 Å². The van der Waals surface area contributed by atoms with Crippen LogP contribution in [0.3, 0.4) is 0 Å². The van der Waals surface area contributed by atoms with Crippen LogP contribution < -0.4 is 5.32 Å². The Morgan fingerprint density at radius 2 is 1.80 bits per heavy atom. The number of rotatable bonds is 7. The van der Waals surface area contributed by atoms with Gasteiger partial charge in [0.05, 0.1) is 5.56 Å². The zero-order chi connectivity index (χ0) is 31.8. The SMILES string of the molecule is CC1(C)C(c2ccc(C(=O)O)c(F)c2)=CCC2(C)C1CCC1(C)C3CCC4(NCCCN5CCCC5=O)CCCC4C3CCC12. The van der Waals surface area contributed by atoms with E-state index in [1.165, 1.54) is 75.5 Å². The van der Waals surface area contributed by atoms with Crippen LogP contribution in [0.2, 0.25) is 0 Å². The molecule has 0 radical (unpaired) electrons. The summed E-state index contributed by atoms with van der Waals surface area (Å²) < 4.78 is 14.8. The van der Waals surface area contributed by atoms with Crippen LogP contribution in [0.25, 0.3) is 5.57 Å². The number of carboxylic acids is 1. The highest BCUT2D eigenvalue weighted by Crippen LogP contribution is 2.72. The van der Waals surface area contributed by atoms with Gasteiger partial charge in [-0.3, -0.25) is 4.79 Å². The maximum absolute atomic E-state index is 14.8. The van der Waals surface area contributed by atoms with Crippen molar-refractivity contribution in [1.82, 2.24) is 10.2 Å². The minimum Gasteiger partial charge on any atom is -0.478 e. The lowest BCUT2D eigenvalue weighted by molar-refractivity contribution is -0.172. The van der Waals surface area contributed by atoms with Crippen molar-refractivity contribution in [1.29, 1.82) is 0 Å². The molecule has 0 bridgehead atoms. The van der Waals surface area contributed by atoms with Gasteiger partial charge in [-0.2, -0.15) is 0 Å². The molecular formula is C39H55FN2O3. The van der Waals surface area contributed by atoms with E-state index < -0.39 is 11.8 Å². The van der Waals surface area contributed by atoms with Crippen molar-refractivity contribution in [2.24, 2.45) is 45.8 Å². The van der Waals surface area contributed by atoms with E-state index in [2.05, 4.69) is 44.0 Å². The molecule has 0 aromatic heterocycles. The summed E-state index contributed by atoms with van der Waals surface area (Å²) in [4.78, 5) is 25.6. The number of carboxylic acid groups (broad SMARTS) is 1. The van der Waals surface area contributed by atoms with Gasteiger partial charge in [-0.15, -0.1) is 0 Å². The van der Waals surface area contributed by atoms with Crippen LogP contribution in [0.5, 0.6) is 0 Å². The molecule has 5 nitrogen and oxygen atoms in total. The third kappa shape index (κ3) is 4.85. The minimum absolute atomic E-state index is 0.112. The fourth-order valence-electron chi connectivity index (χ4n) is 13.0. The molecule has 246 valence electrons. The first-order valence-corrected chi connectivity index (χ1v) is 18.2. The lowest BCUT2D eigenvalue weighted by atomic mass is 9.37. The maximum atomic E-state index is 14.8. The molecule has 1 saturated heterocycles. The molecule has 1 aliphatic heterocycles. The van der Waals surface area contributed by atoms with Gasteiger partial charge in [-0.05, 0) is 146 Å². The van der Waals surface area contributed by atoms with Crippen LogP contribution in [0.4, 0.5) is 4.39 Å². The van der Waals surface area contributed by atoms with Crippen molar-refractivity contribution in [2.75, 3.05) is 19.6 Å². The van der Waals surface area contributed by atoms with E-state index in [4.69, 9.17) is 0 Å². The van der Waals surface area contributed by atoms with E-state index in [0.29, 0.717) is 28.7 Å². The summed E-state index contributed by atoms with van der Waals surface area (Å²) in [6, 6.07) is 4.71. The van der Waals surface area contributed by atoms with Gasteiger partial charge in [0.25, 0.3) is 0 Å². The number of amides is 1. The Morgan fingerprint density at radius 3 is 2.53 bits per heavy atom. The first-order valence-electron chi connectivity index (χ1n) is 18.2. The predicted octanol–water partition coefficient (Wildman–Crippen LogP) is 8.34. The molecule has 6 aliphatic rings. The fraction of sp³-hybridized carbons (Fsp3) is 0.744. The highest BCUT2D eigenvalue weighted by atomic mass is 19.1. The van der Waals surface area contributed by atoms with Crippen LogP contribution in [0.15, 0.2) is 24.3 Å². The van der Waals surface area contributed by atoms with Crippen molar-refractivity contribution in [3.05, 3.63) is 41.2 Å². The number of aromatic carboxylic acids is 1. The molecule has 2 N–H and O–H groups in total. The number of fused-ring (bicyclic) bond motifs is 7. The van der Waals surface area contributed by atoms with E-state index in [0.717, 1.165) is 68.6 Å². The van der Waals surface area contributed by atoms with Crippen LogP contribution in [-0.4, -0.2) is 47.1 Å². The third-order valence-corrected chi connectivity index (χ3v) is 14.9. The Bertz CT molecular complexity index is 1390. The standard InChI is InChI=1S/C39H55FN2O3/c1-36(2)28(25-10-11-27(35(44)45)31(40)24-25)14-18-38(4)32(36)16-19-37(3)29-15-20-39(41-21-7-23-42-22-6-9-34(42)43)17-5-8-30(39)26(29)12-13-33(37)38/h10-11,14,24,26,29-30,32-33,41H,5-9,12-13,15-23H2,1-4H3,(H,44,45). The van der Waals surface area contributed by atoms with Crippen molar-refractivity contribution in [3.63, 3.8) is 0 Å². The largest absolute Gasteiger partial charge is 0.478 e. The number of likely N-dealkylation sites (tertiary alicyclic amines) is 1. The van der Waals surface area contributed by atoms with Crippen LogP contribution in [0, 0.1) is 51.7 Å². The molecule has 8 atom stereocenters. The maximum Gasteiger partial charge on any atom is 0.338 e. The lowest BCUT2D eigenvalue weighted by Crippen LogP contribution is -2.63. The molecule has 1 heterocycles. The molecule has 4 saturated carbocycles. The smallest absolute Gasteiger partial charge is 0.338 e. The topological polar surface area (TPSA) is 69.6 Å². The Balaban J connectivity index is 1.09.